The maximum absolute atomic E-state index is 10.9. The van der Waals surface area contributed by atoms with Gasteiger partial charge in [-0.3, -0.25) is 5.73 Å². The second kappa shape index (κ2) is 3.20. The summed E-state index contributed by atoms with van der Waals surface area (Å²) in [5.41, 5.74) is 2.29. The first-order valence-electron chi connectivity index (χ1n) is 3.60. The Labute approximate surface area is 73.4 Å². The van der Waals surface area contributed by atoms with Gasteiger partial charge in [0.15, 0.2) is 0 Å². The molecule has 0 unspecified atom stereocenters. The molecule has 4 atom stereocenters. The lowest BCUT2D eigenvalue weighted by Crippen LogP contribution is -2.61. The van der Waals surface area contributed by atoms with Gasteiger partial charge in [-0.15, -0.1) is 0 Å². The summed E-state index contributed by atoms with van der Waals surface area (Å²) in [6, 6.07) is 0. The number of nitrogens with two attached hydrogens (primary N) is 1. The predicted octanol–water partition coefficient (Wildman–Crippen LogP) is -3.73. The van der Waals surface area contributed by atoms with E-state index in [0.29, 0.717) is 0 Å². The topological polar surface area (TPSA) is 133 Å². The van der Waals surface area contributed by atoms with Crippen LogP contribution in [0.2, 0.25) is 0 Å². The van der Waals surface area contributed by atoms with E-state index in [9.17, 15) is 4.79 Å². The molecule has 0 aromatic heterocycles. The summed E-state index contributed by atoms with van der Waals surface area (Å²) in [5.74, 6) is -1.28. The molecule has 1 saturated heterocycles. The lowest BCUT2D eigenvalue weighted by atomic mass is 10.0. The van der Waals surface area contributed by atoms with Gasteiger partial charge in [-0.2, -0.15) is 0 Å². The van der Waals surface area contributed by atoms with Crippen LogP contribution in [0.5, 0.6) is 0 Å². The first-order valence-corrected chi connectivity index (χ1v) is 3.60. The molecule has 0 radical (unpaired) electrons. The van der Waals surface area contributed by atoms with Crippen molar-refractivity contribution < 1.29 is 30.0 Å². The highest BCUT2D eigenvalue weighted by atomic mass is 16.6. The van der Waals surface area contributed by atoms with Crippen LogP contribution in [0.3, 0.4) is 0 Å². The molecule has 0 bridgehead atoms. The molecule has 1 heterocycles. The van der Waals surface area contributed by atoms with Crippen molar-refractivity contribution in [2.75, 3.05) is 6.61 Å². The lowest BCUT2D eigenvalue weighted by Gasteiger charge is -2.26. The molecule has 0 aliphatic carbocycles. The first kappa shape index (κ1) is 10.4. The molecule has 0 aromatic rings. The van der Waals surface area contributed by atoms with Gasteiger partial charge in [0.25, 0.3) is 0 Å². The maximum Gasteiger partial charge on any atom is 0.356 e. The quantitative estimate of drug-likeness (QED) is 0.197. The standard InChI is InChI=1S/C6H11NO6/c7-6(12)4(10)3(9)2(8)1-13-5(6)11/h2-4,8-10,12H,1,7H2/t2-,3-,4+,6-/m1/s1. The fourth-order valence-corrected chi connectivity index (χ4v) is 0.967. The molecule has 0 amide bonds. The molecular weight excluding hydrogens is 182 g/mol. The minimum absolute atomic E-state index is 0.517. The van der Waals surface area contributed by atoms with E-state index in [1.54, 1.807) is 0 Å². The average Bonchev–Trinajstić information content (AvgIpc) is 2.13. The second-order valence-electron chi connectivity index (χ2n) is 2.93. The Morgan fingerprint density at radius 3 is 2.54 bits per heavy atom. The van der Waals surface area contributed by atoms with Gasteiger partial charge in [-0.05, 0) is 0 Å². The van der Waals surface area contributed by atoms with Crippen molar-refractivity contribution in [2.24, 2.45) is 5.73 Å². The molecule has 13 heavy (non-hydrogen) atoms. The fourth-order valence-electron chi connectivity index (χ4n) is 0.967. The monoisotopic (exact) mass is 193 g/mol. The van der Waals surface area contributed by atoms with E-state index in [4.69, 9.17) is 26.2 Å². The molecule has 1 fully saturated rings. The van der Waals surface area contributed by atoms with Crippen molar-refractivity contribution >= 4 is 5.97 Å². The van der Waals surface area contributed by atoms with E-state index in [2.05, 4.69) is 4.74 Å². The number of carbonyl (C=O) groups excluding carboxylic acids is 1. The Hall–Kier alpha value is -0.730. The van der Waals surface area contributed by atoms with E-state index >= 15 is 0 Å². The summed E-state index contributed by atoms with van der Waals surface area (Å²) >= 11 is 0. The Morgan fingerprint density at radius 2 is 2.00 bits per heavy atom. The number of carbonyl (C=O) groups is 1. The van der Waals surface area contributed by atoms with E-state index in [1.165, 1.54) is 0 Å². The number of hydrogen-bond donors (Lipinski definition) is 5. The number of rotatable bonds is 0. The highest BCUT2D eigenvalue weighted by Gasteiger charge is 2.49. The maximum atomic E-state index is 10.9. The summed E-state index contributed by atoms with van der Waals surface area (Å²) in [6.45, 7) is -0.517. The normalized spacial score (nSPS) is 46.8. The summed E-state index contributed by atoms with van der Waals surface area (Å²) in [5, 5.41) is 36.4. The van der Waals surface area contributed by atoms with Crippen LogP contribution in [0.1, 0.15) is 0 Å². The van der Waals surface area contributed by atoms with E-state index in [0.717, 1.165) is 0 Å². The molecule has 6 N–H and O–H groups in total. The van der Waals surface area contributed by atoms with Crippen LogP contribution in [-0.2, 0) is 9.53 Å². The van der Waals surface area contributed by atoms with Gasteiger partial charge < -0.3 is 25.2 Å². The number of esters is 1. The van der Waals surface area contributed by atoms with Crippen molar-refractivity contribution in [2.45, 2.75) is 24.0 Å². The van der Waals surface area contributed by atoms with Crippen molar-refractivity contribution in [1.29, 1.82) is 0 Å². The highest BCUT2D eigenvalue weighted by Crippen LogP contribution is 2.17. The van der Waals surface area contributed by atoms with Crippen molar-refractivity contribution in [3.8, 4) is 0 Å². The molecule has 1 aliphatic rings. The molecule has 1 rings (SSSR count). The van der Waals surface area contributed by atoms with Gasteiger partial charge in [-0.1, -0.05) is 0 Å². The first-order chi connectivity index (χ1) is 5.87. The molecule has 76 valence electrons. The van der Waals surface area contributed by atoms with Gasteiger partial charge in [0.05, 0.1) is 0 Å². The Kier molecular flexibility index (Phi) is 2.55. The Morgan fingerprint density at radius 1 is 1.46 bits per heavy atom. The summed E-state index contributed by atoms with van der Waals surface area (Å²) < 4.78 is 4.29. The number of aliphatic hydroxyl groups is 4. The zero-order valence-electron chi connectivity index (χ0n) is 6.62. The zero-order valence-corrected chi connectivity index (χ0v) is 6.62. The zero-order chi connectivity index (χ0) is 10.2. The van der Waals surface area contributed by atoms with Crippen LogP contribution in [0, 0.1) is 0 Å². The smallest absolute Gasteiger partial charge is 0.356 e. The SMILES string of the molecule is N[C@]1(O)C(=O)OC[C@@H](O)[C@@H](O)[C@@H]1O. The molecule has 0 saturated carbocycles. The van der Waals surface area contributed by atoms with Crippen molar-refractivity contribution in [3.63, 3.8) is 0 Å². The summed E-state index contributed by atoms with van der Waals surface area (Å²) in [6.07, 6.45) is -5.16. The molecule has 0 spiro atoms. The number of hydrogen-bond acceptors (Lipinski definition) is 7. The molecule has 1 aliphatic heterocycles. The third-order valence-corrected chi connectivity index (χ3v) is 1.88. The van der Waals surface area contributed by atoms with Gasteiger partial charge in [0.1, 0.15) is 24.9 Å². The summed E-state index contributed by atoms with van der Waals surface area (Å²) in [7, 11) is 0. The number of ether oxygens (including phenoxy) is 1. The third-order valence-electron chi connectivity index (χ3n) is 1.88. The van der Waals surface area contributed by atoms with Crippen molar-refractivity contribution in [1.82, 2.24) is 0 Å². The van der Waals surface area contributed by atoms with Gasteiger partial charge in [0, 0.05) is 0 Å². The van der Waals surface area contributed by atoms with Gasteiger partial charge >= 0.3 is 5.97 Å². The molecular formula is C6H11NO6. The minimum atomic E-state index is -2.68. The van der Waals surface area contributed by atoms with Crippen LogP contribution in [0.4, 0.5) is 0 Å². The number of aliphatic hydroxyl groups excluding tert-OH is 3. The minimum Gasteiger partial charge on any atom is -0.460 e. The van der Waals surface area contributed by atoms with Crippen LogP contribution in [0.15, 0.2) is 0 Å². The summed E-state index contributed by atoms with van der Waals surface area (Å²) in [4.78, 5) is 10.9. The highest BCUT2D eigenvalue weighted by molar-refractivity contribution is 5.79. The van der Waals surface area contributed by atoms with E-state index < -0.39 is 36.6 Å². The Balaban J connectivity index is 2.92. The van der Waals surface area contributed by atoms with E-state index in [-0.39, 0.29) is 0 Å². The largest absolute Gasteiger partial charge is 0.460 e. The van der Waals surface area contributed by atoms with E-state index in [1.807, 2.05) is 0 Å². The van der Waals surface area contributed by atoms with Crippen LogP contribution < -0.4 is 5.73 Å². The van der Waals surface area contributed by atoms with Gasteiger partial charge in [0.2, 0.25) is 5.72 Å². The van der Waals surface area contributed by atoms with Crippen LogP contribution in [0.25, 0.3) is 0 Å². The lowest BCUT2D eigenvalue weighted by molar-refractivity contribution is -0.178. The average molecular weight is 193 g/mol. The van der Waals surface area contributed by atoms with Crippen LogP contribution in [-0.4, -0.2) is 57.0 Å². The third kappa shape index (κ3) is 1.64. The second-order valence-corrected chi connectivity index (χ2v) is 2.93. The fraction of sp³-hybridized carbons (Fsp3) is 0.833. The van der Waals surface area contributed by atoms with Gasteiger partial charge in [-0.25, -0.2) is 4.79 Å². The molecule has 7 heteroatoms. The Bertz CT molecular complexity index is 217. The van der Waals surface area contributed by atoms with Crippen molar-refractivity contribution in [3.05, 3.63) is 0 Å². The molecule has 0 aromatic carbocycles. The predicted molar refractivity (Wildman–Crippen MR) is 38.1 cm³/mol. The molecule has 7 nitrogen and oxygen atoms in total. The number of cyclic esters (lactones) is 1. The van der Waals surface area contributed by atoms with Crippen LogP contribution >= 0.6 is 0 Å².